The molecule has 0 bridgehead atoms. The summed E-state index contributed by atoms with van der Waals surface area (Å²) in [5.41, 5.74) is 0. The average molecular weight is 1020 g/mol. The Labute approximate surface area is 440 Å². The highest BCUT2D eigenvalue weighted by molar-refractivity contribution is 7.47. The van der Waals surface area contributed by atoms with Gasteiger partial charge in [-0.25, -0.2) is 4.57 Å². The number of aliphatic hydroxyl groups excluding tert-OH is 2. The van der Waals surface area contributed by atoms with Crippen LogP contribution < -0.4 is 5.32 Å². The van der Waals surface area contributed by atoms with E-state index in [-0.39, 0.29) is 18.9 Å². The summed E-state index contributed by atoms with van der Waals surface area (Å²) in [6, 6.07) is -1.05. The number of nitrogens with one attached hydrogen (secondary N) is 1. The van der Waals surface area contributed by atoms with E-state index in [9.17, 15) is 24.5 Å². The molecule has 0 aliphatic carbocycles. The van der Waals surface area contributed by atoms with Crippen LogP contribution in [0.3, 0.4) is 0 Å². The molecule has 0 rings (SSSR count). The third-order valence-electron chi connectivity index (χ3n) is 13.6. The van der Waals surface area contributed by atoms with E-state index < -0.39 is 32.7 Å². The molecular formula is C61H118N2O7P+. The Morgan fingerprint density at radius 1 is 0.493 bits per heavy atom. The summed E-state index contributed by atoms with van der Waals surface area (Å²) in [5.74, 6) is -0.265. The van der Waals surface area contributed by atoms with Gasteiger partial charge in [-0.1, -0.05) is 242 Å². The SMILES string of the molecule is CCCCCCC/C=C\C/C=C\C/C=C\CCCCCCCCCCCCCCCCCCCCCCC(=O)NC(COP(=O)(O)OCC[N+](C)(C)C)C(O)C(O)CCC/C=C/CCCCCCCCC. The van der Waals surface area contributed by atoms with E-state index in [1.165, 1.54) is 199 Å². The van der Waals surface area contributed by atoms with Crippen LogP contribution in [-0.2, 0) is 18.4 Å². The van der Waals surface area contributed by atoms with E-state index in [0.717, 1.165) is 44.9 Å². The lowest BCUT2D eigenvalue weighted by Crippen LogP contribution is -2.51. The van der Waals surface area contributed by atoms with Gasteiger partial charge in [0.25, 0.3) is 0 Å². The van der Waals surface area contributed by atoms with Crippen molar-refractivity contribution in [1.29, 1.82) is 0 Å². The fraction of sp³-hybridized carbons (Fsp3) is 0.852. The average Bonchev–Trinajstić information content (AvgIpc) is 3.33. The maximum absolute atomic E-state index is 13.0. The lowest BCUT2D eigenvalue weighted by atomic mass is 10.0. The van der Waals surface area contributed by atoms with E-state index in [4.69, 9.17) is 9.05 Å². The number of quaternary nitrogens is 1. The zero-order valence-corrected chi connectivity index (χ0v) is 48.2. The number of phosphoric ester groups is 1. The van der Waals surface area contributed by atoms with E-state index in [1.54, 1.807) is 0 Å². The van der Waals surface area contributed by atoms with Crippen molar-refractivity contribution < 1.29 is 38.0 Å². The first kappa shape index (κ1) is 69.4. The number of likely N-dealkylation sites (N-methyl/N-ethyl adjacent to an activating group) is 1. The first-order chi connectivity index (χ1) is 34.4. The standard InChI is InChI=1S/C61H117N2O7P/c1-6-8-10-12-14-16-18-20-21-22-23-24-25-26-27-28-29-30-31-32-33-34-35-36-37-38-39-40-41-42-44-46-48-50-52-54-60(65)62-58(57-70-71(67,68)69-56-55-63(3,4)5)61(66)59(64)53-51-49-47-45-43-19-17-15-13-11-9-7-2/h18,20,22-23,25-26,45,47,58-59,61,64,66H,6-17,19,21,24,27-44,46,48-57H2,1-5H3,(H-,62,65,67,68)/p+1/b20-18-,23-22-,26-25-,47-45+. The second-order valence-corrected chi connectivity index (χ2v) is 23.3. The Hall–Kier alpha value is -1.58. The summed E-state index contributed by atoms with van der Waals surface area (Å²) in [5, 5.41) is 24.8. The highest BCUT2D eigenvalue weighted by Crippen LogP contribution is 2.43. The number of hydrogen-bond donors (Lipinski definition) is 4. The summed E-state index contributed by atoms with van der Waals surface area (Å²) < 4.78 is 23.6. The monoisotopic (exact) mass is 1020 g/mol. The molecule has 4 N–H and O–H groups in total. The molecule has 0 fully saturated rings. The van der Waals surface area contributed by atoms with Crippen LogP contribution in [0, 0.1) is 0 Å². The van der Waals surface area contributed by atoms with Gasteiger partial charge in [-0.3, -0.25) is 13.8 Å². The summed E-state index contributed by atoms with van der Waals surface area (Å²) >= 11 is 0. The van der Waals surface area contributed by atoms with Gasteiger partial charge >= 0.3 is 7.82 Å². The van der Waals surface area contributed by atoms with Crippen molar-refractivity contribution in [3.63, 3.8) is 0 Å². The molecule has 0 aromatic heterocycles. The minimum Gasteiger partial charge on any atom is -0.390 e. The van der Waals surface area contributed by atoms with E-state index in [0.29, 0.717) is 23.9 Å². The molecule has 0 heterocycles. The van der Waals surface area contributed by atoms with Crippen LogP contribution in [0.25, 0.3) is 0 Å². The molecular weight excluding hydrogens is 904 g/mol. The van der Waals surface area contributed by atoms with Crippen molar-refractivity contribution in [2.45, 2.75) is 295 Å². The van der Waals surface area contributed by atoms with Crippen molar-refractivity contribution in [3.05, 3.63) is 48.6 Å². The molecule has 0 aliphatic rings. The number of aliphatic hydroxyl groups is 2. The predicted octanol–water partition coefficient (Wildman–Crippen LogP) is 17.3. The quantitative estimate of drug-likeness (QED) is 0.0207. The Kier molecular flexibility index (Phi) is 50.7. The van der Waals surface area contributed by atoms with Crippen molar-refractivity contribution >= 4 is 13.7 Å². The van der Waals surface area contributed by atoms with Crippen LogP contribution in [0.2, 0.25) is 0 Å². The normalized spacial score (nSPS) is 14.6. The largest absolute Gasteiger partial charge is 0.472 e. The van der Waals surface area contributed by atoms with Crippen LogP contribution in [0.1, 0.15) is 277 Å². The molecule has 4 unspecified atom stereocenters. The molecule has 0 aliphatic heterocycles. The molecule has 0 saturated heterocycles. The second kappa shape index (κ2) is 51.9. The minimum atomic E-state index is -4.43. The van der Waals surface area contributed by atoms with Gasteiger partial charge in [-0.15, -0.1) is 0 Å². The molecule has 9 nitrogen and oxygen atoms in total. The molecule has 0 radical (unpaired) electrons. The number of nitrogens with zero attached hydrogens (tertiary/aromatic N) is 1. The topological polar surface area (TPSA) is 125 Å². The van der Waals surface area contributed by atoms with E-state index >= 15 is 0 Å². The van der Waals surface area contributed by atoms with Crippen molar-refractivity contribution in [3.8, 4) is 0 Å². The van der Waals surface area contributed by atoms with Crippen LogP contribution in [-0.4, -0.2) is 84.6 Å². The molecule has 1 amide bonds. The molecule has 10 heteroatoms. The Morgan fingerprint density at radius 2 is 0.831 bits per heavy atom. The fourth-order valence-corrected chi connectivity index (χ4v) is 9.59. The number of carbonyl (C=O) groups is 1. The Balaban J connectivity index is 4.04. The lowest BCUT2D eigenvalue weighted by molar-refractivity contribution is -0.870. The fourth-order valence-electron chi connectivity index (χ4n) is 8.86. The highest BCUT2D eigenvalue weighted by atomic mass is 31.2. The van der Waals surface area contributed by atoms with Gasteiger partial charge in [0.2, 0.25) is 5.91 Å². The van der Waals surface area contributed by atoms with Gasteiger partial charge in [0.05, 0.1) is 39.9 Å². The molecule has 0 aromatic rings. The third kappa shape index (κ3) is 53.1. The van der Waals surface area contributed by atoms with Crippen LogP contribution in [0.4, 0.5) is 0 Å². The molecule has 0 spiro atoms. The second-order valence-electron chi connectivity index (χ2n) is 21.9. The number of allylic oxidation sites excluding steroid dienone is 8. The Morgan fingerprint density at radius 3 is 1.23 bits per heavy atom. The first-order valence-electron chi connectivity index (χ1n) is 30.1. The van der Waals surface area contributed by atoms with Gasteiger partial charge < -0.3 is 24.9 Å². The molecule has 71 heavy (non-hydrogen) atoms. The van der Waals surface area contributed by atoms with Gasteiger partial charge in [0, 0.05) is 6.42 Å². The molecule has 0 aromatic carbocycles. The molecule has 0 saturated carbocycles. The van der Waals surface area contributed by atoms with Crippen molar-refractivity contribution in [2.75, 3.05) is 40.9 Å². The van der Waals surface area contributed by atoms with Crippen LogP contribution >= 0.6 is 7.82 Å². The number of hydrogen-bond acceptors (Lipinski definition) is 6. The van der Waals surface area contributed by atoms with Gasteiger partial charge in [0.1, 0.15) is 19.3 Å². The van der Waals surface area contributed by atoms with Crippen LogP contribution in [0.15, 0.2) is 48.6 Å². The van der Waals surface area contributed by atoms with E-state index in [2.05, 4.69) is 67.8 Å². The predicted molar refractivity (Wildman–Crippen MR) is 306 cm³/mol. The molecule has 418 valence electrons. The van der Waals surface area contributed by atoms with E-state index in [1.807, 2.05) is 21.1 Å². The van der Waals surface area contributed by atoms with Gasteiger partial charge in [-0.2, -0.15) is 0 Å². The molecule has 4 atom stereocenters. The zero-order valence-electron chi connectivity index (χ0n) is 47.3. The Bertz CT molecular complexity index is 1310. The number of phosphoric acid groups is 1. The number of rotatable bonds is 55. The van der Waals surface area contributed by atoms with Gasteiger partial charge in [0.15, 0.2) is 0 Å². The lowest BCUT2D eigenvalue weighted by Gasteiger charge is -2.28. The zero-order chi connectivity index (χ0) is 52.2. The minimum absolute atomic E-state index is 0.0170. The summed E-state index contributed by atoms with van der Waals surface area (Å²) in [6.45, 7) is 4.58. The number of carbonyl (C=O) groups excluding carboxylic acids is 1. The third-order valence-corrected chi connectivity index (χ3v) is 14.6. The smallest absolute Gasteiger partial charge is 0.390 e. The van der Waals surface area contributed by atoms with Crippen molar-refractivity contribution in [1.82, 2.24) is 5.32 Å². The van der Waals surface area contributed by atoms with Crippen molar-refractivity contribution in [2.24, 2.45) is 0 Å². The number of unbranched alkanes of at least 4 members (excludes halogenated alkanes) is 33. The first-order valence-corrected chi connectivity index (χ1v) is 31.6. The number of amides is 1. The van der Waals surface area contributed by atoms with Crippen LogP contribution in [0.5, 0.6) is 0 Å². The maximum Gasteiger partial charge on any atom is 0.472 e. The van der Waals surface area contributed by atoms with Gasteiger partial charge in [-0.05, 0) is 77.0 Å². The summed E-state index contributed by atoms with van der Waals surface area (Å²) in [6.07, 6.45) is 65.1. The highest BCUT2D eigenvalue weighted by Gasteiger charge is 2.31. The maximum atomic E-state index is 13.0. The summed E-state index contributed by atoms with van der Waals surface area (Å²) in [4.78, 5) is 23.3. The summed E-state index contributed by atoms with van der Waals surface area (Å²) in [7, 11) is 1.42.